The molecule has 0 saturated heterocycles. The lowest BCUT2D eigenvalue weighted by Crippen LogP contribution is -2.11. The Morgan fingerprint density at radius 1 is 1.41 bits per heavy atom. The lowest BCUT2D eigenvalue weighted by atomic mass is 10.1. The van der Waals surface area contributed by atoms with Gasteiger partial charge in [0.1, 0.15) is 0 Å². The van der Waals surface area contributed by atoms with Crippen LogP contribution in [0.3, 0.4) is 0 Å². The number of nitrogens with zero attached hydrogens (tertiary/aromatic N) is 3. The van der Waals surface area contributed by atoms with Crippen LogP contribution in [0.25, 0.3) is 0 Å². The molecule has 1 aromatic rings. The van der Waals surface area contributed by atoms with Crippen molar-refractivity contribution in [1.29, 1.82) is 0 Å². The predicted octanol–water partition coefficient (Wildman–Crippen LogP) is 1.33. The highest BCUT2D eigenvalue weighted by Gasteiger charge is 2.14. The van der Waals surface area contributed by atoms with E-state index in [0.717, 1.165) is 38.3 Å². The molecule has 0 fully saturated rings. The lowest BCUT2D eigenvalue weighted by molar-refractivity contribution is 0.140. The van der Waals surface area contributed by atoms with Gasteiger partial charge < -0.3 is 10.5 Å². The fourth-order valence-corrected chi connectivity index (χ4v) is 1.93. The maximum absolute atomic E-state index is 5.58. The predicted molar refractivity (Wildman–Crippen MR) is 68.0 cm³/mol. The average molecular weight is 240 g/mol. The molecule has 1 rings (SSSR count). The van der Waals surface area contributed by atoms with Crippen molar-refractivity contribution in [3.63, 3.8) is 0 Å². The molecule has 0 radical (unpaired) electrons. The van der Waals surface area contributed by atoms with Crippen LogP contribution in [0, 0.1) is 0 Å². The van der Waals surface area contributed by atoms with Gasteiger partial charge >= 0.3 is 0 Å². The Hall–Kier alpha value is -0.940. The van der Waals surface area contributed by atoms with Crippen LogP contribution in [-0.4, -0.2) is 34.8 Å². The molecule has 0 atom stereocenters. The summed E-state index contributed by atoms with van der Waals surface area (Å²) in [6.07, 6.45) is 1.78. The summed E-state index contributed by atoms with van der Waals surface area (Å²) < 4.78 is 7.32. The average Bonchev–Trinajstić information content (AvgIpc) is 2.68. The van der Waals surface area contributed by atoms with Crippen molar-refractivity contribution in [2.75, 3.05) is 19.8 Å². The van der Waals surface area contributed by atoms with Gasteiger partial charge in [-0.2, -0.15) is 0 Å². The monoisotopic (exact) mass is 240 g/mol. The van der Waals surface area contributed by atoms with Crippen LogP contribution in [-0.2, 0) is 17.7 Å². The first-order valence-electron chi connectivity index (χ1n) is 6.40. The van der Waals surface area contributed by atoms with Crippen LogP contribution in [0.1, 0.15) is 44.5 Å². The Morgan fingerprint density at radius 2 is 2.18 bits per heavy atom. The van der Waals surface area contributed by atoms with Crippen LogP contribution in [0.4, 0.5) is 0 Å². The summed E-state index contributed by atoms with van der Waals surface area (Å²) in [7, 11) is 0. The minimum absolute atomic E-state index is 0.429. The second kappa shape index (κ2) is 7.40. The molecule has 0 aliphatic heterocycles. The van der Waals surface area contributed by atoms with Gasteiger partial charge in [-0.3, -0.25) is 0 Å². The first-order valence-corrected chi connectivity index (χ1v) is 6.40. The van der Waals surface area contributed by atoms with E-state index >= 15 is 0 Å². The Labute approximate surface area is 103 Å². The Morgan fingerprint density at radius 3 is 2.76 bits per heavy atom. The first kappa shape index (κ1) is 14.1. The first-order chi connectivity index (χ1) is 8.20. The maximum Gasteiger partial charge on any atom is 0.0874 e. The van der Waals surface area contributed by atoms with Gasteiger partial charge in [0.05, 0.1) is 11.4 Å². The third-order valence-electron chi connectivity index (χ3n) is 2.64. The van der Waals surface area contributed by atoms with Crippen molar-refractivity contribution < 1.29 is 4.74 Å². The van der Waals surface area contributed by atoms with E-state index in [9.17, 15) is 0 Å². The second-order valence-corrected chi connectivity index (χ2v) is 4.39. The Balaban J connectivity index is 2.64. The topological polar surface area (TPSA) is 66.0 Å². The Kier molecular flexibility index (Phi) is 6.15. The van der Waals surface area contributed by atoms with Gasteiger partial charge in [0.25, 0.3) is 0 Å². The van der Waals surface area contributed by atoms with Gasteiger partial charge in [0, 0.05) is 26.2 Å². The summed E-state index contributed by atoms with van der Waals surface area (Å²) in [5.41, 5.74) is 7.84. The van der Waals surface area contributed by atoms with E-state index in [-0.39, 0.29) is 0 Å². The molecule has 0 saturated carbocycles. The molecular weight excluding hydrogens is 216 g/mol. The van der Waals surface area contributed by atoms with Gasteiger partial charge in [-0.1, -0.05) is 19.1 Å². The molecule has 1 aromatic heterocycles. The highest BCUT2D eigenvalue weighted by Crippen LogP contribution is 2.18. The molecule has 98 valence electrons. The van der Waals surface area contributed by atoms with E-state index in [4.69, 9.17) is 10.5 Å². The minimum atomic E-state index is 0.429. The van der Waals surface area contributed by atoms with Crippen LogP contribution in [0.5, 0.6) is 0 Å². The zero-order valence-corrected chi connectivity index (χ0v) is 11.1. The number of ether oxygens (including phenoxy) is 1. The summed E-state index contributed by atoms with van der Waals surface area (Å²) >= 11 is 0. The summed E-state index contributed by atoms with van der Waals surface area (Å²) in [6, 6.07) is 0. The van der Waals surface area contributed by atoms with Crippen molar-refractivity contribution in [3.05, 3.63) is 11.4 Å². The third kappa shape index (κ3) is 4.09. The van der Waals surface area contributed by atoms with E-state index in [1.54, 1.807) is 0 Å². The summed E-state index contributed by atoms with van der Waals surface area (Å²) in [4.78, 5) is 0. The number of aryl methyl sites for hydroxylation is 1. The highest BCUT2D eigenvalue weighted by molar-refractivity contribution is 5.14. The van der Waals surface area contributed by atoms with Gasteiger partial charge in [0.15, 0.2) is 0 Å². The molecule has 0 unspecified atom stereocenters. The molecular formula is C12H24N4O. The van der Waals surface area contributed by atoms with Gasteiger partial charge in [-0.05, 0) is 25.8 Å². The Bertz CT molecular complexity index is 322. The number of nitrogens with two attached hydrogens (primary N) is 1. The molecule has 17 heavy (non-hydrogen) atoms. The zero-order chi connectivity index (χ0) is 12.7. The van der Waals surface area contributed by atoms with Crippen molar-refractivity contribution in [1.82, 2.24) is 15.0 Å². The lowest BCUT2D eigenvalue weighted by Gasteiger charge is -2.10. The van der Waals surface area contributed by atoms with E-state index in [0.29, 0.717) is 12.5 Å². The van der Waals surface area contributed by atoms with Crippen molar-refractivity contribution in [2.45, 2.75) is 46.1 Å². The fourth-order valence-electron chi connectivity index (χ4n) is 1.93. The van der Waals surface area contributed by atoms with Crippen LogP contribution in [0.15, 0.2) is 0 Å². The molecule has 0 spiro atoms. The zero-order valence-electron chi connectivity index (χ0n) is 11.1. The van der Waals surface area contributed by atoms with E-state index in [1.807, 2.05) is 11.6 Å². The van der Waals surface area contributed by atoms with E-state index in [2.05, 4.69) is 24.2 Å². The van der Waals surface area contributed by atoms with E-state index < -0.39 is 0 Å². The normalized spacial score (nSPS) is 11.4. The maximum atomic E-state index is 5.58. The summed E-state index contributed by atoms with van der Waals surface area (Å²) in [5, 5.41) is 8.43. The van der Waals surface area contributed by atoms with Crippen LogP contribution in [0.2, 0.25) is 0 Å². The largest absolute Gasteiger partial charge is 0.382 e. The molecule has 0 amide bonds. The quantitative estimate of drug-likeness (QED) is 0.696. The fraction of sp³-hybridized carbons (Fsp3) is 0.833. The molecule has 1 heterocycles. The van der Waals surface area contributed by atoms with Crippen LogP contribution >= 0.6 is 0 Å². The number of aromatic nitrogens is 3. The summed E-state index contributed by atoms with van der Waals surface area (Å²) in [6.45, 7) is 9.37. The molecule has 5 heteroatoms. The van der Waals surface area contributed by atoms with Gasteiger partial charge in [0.2, 0.25) is 0 Å². The minimum Gasteiger partial charge on any atom is -0.382 e. The van der Waals surface area contributed by atoms with Gasteiger partial charge in [-0.15, -0.1) is 5.10 Å². The van der Waals surface area contributed by atoms with Crippen molar-refractivity contribution in [2.24, 2.45) is 5.73 Å². The van der Waals surface area contributed by atoms with E-state index in [1.165, 1.54) is 5.69 Å². The number of hydrogen-bond donors (Lipinski definition) is 1. The highest BCUT2D eigenvalue weighted by atomic mass is 16.5. The number of hydrogen-bond acceptors (Lipinski definition) is 4. The molecule has 0 aliphatic rings. The molecule has 0 aromatic carbocycles. The molecule has 5 nitrogen and oxygen atoms in total. The van der Waals surface area contributed by atoms with Gasteiger partial charge in [-0.25, -0.2) is 4.68 Å². The standard InChI is InChI=1S/C12H24N4O/c1-4-17-9-5-8-16-12(10(2)3)11(6-7-13)14-15-16/h10H,4-9,13H2,1-3H3. The second-order valence-electron chi connectivity index (χ2n) is 4.39. The van der Waals surface area contributed by atoms with Crippen molar-refractivity contribution >= 4 is 0 Å². The smallest absolute Gasteiger partial charge is 0.0874 e. The van der Waals surface area contributed by atoms with Crippen molar-refractivity contribution in [3.8, 4) is 0 Å². The SMILES string of the molecule is CCOCCCn1nnc(CCN)c1C(C)C. The third-order valence-corrected chi connectivity index (χ3v) is 2.64. The molecule has 0 bridgehead atoms. The molecule has 2 N–H and O–H groups in total. The van der Waals surface area contributed by atoms with Crippen LogP contribution < -0.4 is 5.73 Å². The number of rotatable bonds is 8. The molecule has 0 aliphatic carbocycles. The summed E-state index contributed by atoms with van der Waals surface area (Å²) in [5.74, 6) is 0.429.